The fourth-order valence-electron chi connectivity index (χ4n) is 2.75. The Kier molecular flexibility index (Phi) is 5.77. The van der Waals surface area contributed by atoms with Crippen molar-refractivity contribution in [1.29, 1.82) is 0 Å². The Bertz CT molecular complexity index is 988. The van der Waals surface area contributed by atoms with E-state index in [1.807, 2.05) is 36.4 Å². The van der Waals surface area contributed by atoms with Crippen molar-refractivity contribution in [3.63, 3.8) is 0 Å². The van der Waals surface area contributed by atoms with Crippen molar-refractivity contribution < 1.29 is 14.6 Å². The van der Waals surface area contributed by atoms with E-state index in [2.05, 4.69) is 36.5 Å². The number of rotatable bonds is 5. The van der Waals surface area contributed by atoms with Crippen molar-refractivity contribution in [2.45, 2.75) is 32.7 Å². The minimum absolute atomic E-state index is 0.145. The SMILES string of the molecule is COc1ccc(-n2nc(C(C)(C)C)cc2NC(=O)NCc2ccccc2O)cc1. The normalized spacial score (nSPS) is 11.2. The lowest BCUT2D eigenvalue weighted by molar-refractivity contribution is 0.251. The van der Waals surface area contributed by atoms with Crippen LogP contribution >= 0.6 is 0 Å². The van der Waals surface area contributed by atoms with E-state index in [4.69, 9.17) is 4.74 Å². The maximum absolute atomic E-state index is 12.5. The predicted molar refractivity (Wildman–Crippen MR) is 113 cm³/mol. The second-order valence-corrected chi connectivity index (χ2v) is 7.71. The molecule has 0 fully saturated rings. The number of hydrogen-bond acceptors (Lipinski definition) is 4. The molecule has 0 spiro atoms. The first-order valence-corrected chi connectivity index (χ1v) is 9.34. The number of aromatic hydroxyl groups is 1. The number of urea groups is 1. The van der Waals surface area contributed by atoms with E-state index < -0.39 is 0 Å². The number of methoxy groups -OCH3 is 1. The van der Waals surface area contributed by atoms with Gasteiger partial charge >= 0.3 is 6.03 Å². The molecule has 0 unspecified atom stereocenters. The highest BCUT2D eigenvalue weighted by Gasteiger charge is 2.21. The molecule has 1 aromatic heterocycles. The van der Waals surface area contributed by atoms with E-state index in [-0.39, 0.29) is 23.7 Å². The zero-order valence-electron chi connectivity index (χ0n) is 17.1. The number of ether oxygens (including phenoxy) is 1. The monoisotopic (exact) mass is 394 g/mol. The molecule has 0 bridgehead atoms. The highest BCUT2D eigenvalue weighted by atomic mass is 16.5. The van der Waals surface area contributed by atoms with Crippen LogP contribution in [0.1, 0.15) is 32.0 Å². The number of anilines is 1. The Morgan fingerprint density at radius 1 is 1.14 bits per heavy atom. The number of nitrogens with zero attached hydrogens (tertiary/aromatic N) is 2. The van der Waals surface area contributed by atoms with Crippen molar-refractivity contribution in [3.8, 4) is 17.2 Å². The van der Waals surface area contributed by atoms with Gasteiger partial charge in [0.25, 0.3) is 0 Å². The van der Waals surface area contributed by atoms with Crippen molar-refractivity contribution in [1.82, 2.24) is 15.1 Å². The van der Waals surface area contributed by atoms with Crippen LogP contribution in [0.5, 0.6) is 11.5 Å². The topological polar surface area (TPSA) is 88.4 Å². The molecule has 0 aliphatic heterocycles. The summed E-state index contributed by atoms with van der Waals surface area (Å²) in [6.07, 6.45) is 0. The first-order chi connectivity index (χ1) is 13.8. The molecule has 3 N–H and O–H groups in total. The van der Waals surface area contributed by atoms with Gasteiger partial charge in [0.1, 0.15) is 17.3 Å². The molecule has 152 valence electrons. The van der Waals surface area contributed by atoms with Gasteiger partial charge in [-0.05, 0) is 30.3 Å². The quantitative estimate of drug-likeness (QED) is 0.605. The van der Waals surface area contributed by atoms with E-state index >= 15 is 0 Å². The van der Waals surface area contributed by atoms with Gasteiger partial charge in [0.2, 0.25) is 0 Å². The number of para-hydroxylation sites is 1. The largest absolute Gasteiger partial charge is 0.508 e. The fourth-order valence-corrected chi connectivity index (χ4v) is 2.75. The smallest absolute Gasteiger partial charge is 0.320 e. The first-order valence-electron chi connectivity index (χ1n) is 9.34. The molecule has 0 saturated heterocycles. The van der Waals surface area contributed by atoms with Crippen LogP contribution in [0.15, 0.2) is 54.6 Å². The van der Waals surface area contributed by atoms with Crippen LogP contribution in [0.2, 0.25) is 0 Å². The Balaban J connectivity index is 1.82. The van der Waals surface area contributed by atoms with Crippen LogP contribution in [0, 0.1) is 0 Å². The number of benzene rings is 2. The number of carbonyl (C=O) groups is 1. The van der Waals surface area contributed by atoms with Crippen LogP contribution in [0.25, 0.3) is 5.69 Å². The Morgan fingerprint density at radius 3 is 2.45 bits per heavy atom. The van der Waals surface area contributed by atoms with E-state index in [1.54, 1.807) is 30.0 Å². The average molecular weight is 394 g/mol. The summed E-state index contributed by atoms with van der Waals surface area (Å²) < 4.78 is 6.91. The summed E-state index contributed by atoms with van der Waals surface area (Å²) >= 11 is 0. The number of carbonyl (C=O) groups excluding carboxylic acids is 1. The van der Waals surface area contributed by atoms with Gasteiger partial charge in [-0.1, -0.05) is 39.0 Å². The zero-order chi connectivity index (χ0) is 21.0. The van der Waals surface area contributed by atoms with Crippen molar-refractivity contribution >= 4 is 11.8 Å². The molecule has 0 aliphatic carbocycles. The number of hydrogen-bond donors (Lipinski definition) is 3. The summed E-state index contributed by atoms with van der Waals surface area (Å²) in [7, 11) is 1.61. The summed E-state index contributed by atoms with van der Waals surface area (Å²) in [5, 5.41) is 20.2. The van der Waals surface area contributed by atoms with Gasteiger partial charge in [0.15, 0.2) is 0 Å². The molecule has 3 aromatic rings. The molecule has 7 heteroatoms. The van der Waals surface area contributed by atoms with Crippen molar-refractivity contribution in [3.05, 3.63) is 65.9 Å². The number of phenolic OH excluding ortho intramolecular Hbond substituents is 1. The average Bonchev–Trinajstić information content (AvgIpc) is 3.11. The molecule has 0 radical (unpaired) electrons. The minimum Gasteiger partial charge on any atom is -0.508 e. The van der Waals surface area contributed by atoms with Crippen LogP contribution in [0.3, 0.4) is 0 Å². The van der Waals surface area contributed by atoms with Gasteiger partial charge < -0.3 is 15.2 Å². The van der Waals surface area contributed by atoms with E-state index in [0.717, 1.165) is 17.1 Å². The lowest BCUT2D eigenvalue weighted by atomic mass is 9.92. The zero-order valence-corrected chi connectivity index (χ0v) is 17.1. The highest BCUT2D eigenvalue weighted by Crippen LogP contribution is 2.27. The minimum atomic E-state index is -0.386. The van der Waals surface area contributed by atoms with Gasteiger partial charge in [0.05, 0.1) is 18.5 Å². The van der Waals surface area contributed by atoms with Crippen LogP contribution in [-0.2, 0) is 12.0 Å². The number of aromatic nitrogens is 2. The second kappa shape index (κ2) is 8.26. The molecule has 29 heavy (non-hydrogen) atoms. The van der Waals surface area contributed by atoms with E-state index in [1.165, 1.54) is 0 Å². The van der Waals surface area contributed by atoms with Gasteiger partial charge in [-0.2, -0.15) is 5.10 Å². The van der Waals surface area contributed by atoms with Crippen molar-refractivity contribution in [2.75, 3.05) is 12.4 Å². The molecule has 7 nitrogen and oxygen atoms in total. The van der Waals surface area contributed by atoms with Gasteiger partial charge in [-0.3, -0.25) is 5.32 Å². The summed E-state index contributed by atoms with van der Waals surface area (Å²) in [5.74, 6) is 1.44. The molecular formula is C22H26N4O3. The molecule has 3 rings (SSSR count). The number of nitrogens with one attached hydrogen (secondary N) is 2. The standard InChI is InChI=1S/C22H26N4O3/c1-22(2,3)19-13-20(26(25-19)16-9-11-17(29-4)12-10-16)24-21(28)23-14-15-7-5-6-8-18(15)27/h5-13,27H,14H2,1-4H3,(H2,23,24,28). The van der Waals surface area contributed by atoms with Crippen LogP contribution in [-0.4, -0.2) is 28.0 Å². The van der Waals surface area contributed by atoms with E-state index in [9.17, 15) is 9.90 Å². The first kappa shape index (κ1) is 20.3. The maximum atomic E-state index is 12.5. The second-order valence-electron chi connectivity index (χ2n) is 7.71. The third-order valence-corrected chi connectivity index (χ3v) is 4.47. The Hall–Kier alpha value is -3.48. The summed E-state index contributed by atoms with van der Waals surface area (Å²) in [5.41, 5.74) is 2.11. The summed E-state index contributed by atoms with van der Waals surface area (Å²) in [6, 6.07) is 15.8. The molecule has 0 atom stereocenters. The Morgan fingerprint density at radius 2 is 1.83 bits per heavy atom. The molecule has 2 aromatic carbocycles. The molecule has 2 amide bonds. The van der Waals surface area contributed by atoms with Crippen LogP contribution in [0.4, 0.5) is 10.6 Å². The lowest BCUT2D eigenvalue weighted by Gasteiger charge is -2.14. The third kappa shape index (κ3) is 4.87. The molecule has 1 heterocycles. The van der Waals surface area contributed by atoms with Crippen molar-refractivity contribution in [2.24, 2.45) is 0 Å². The maximum Gasteiger partial charge on any atom is 0.320 e. The highest BCUT2D eigenvalue weighted by molar-refractivity contribution is 5.88. The van der Waals surface area contributed by atoms with Gasteiger partial charge in [-0.25, -0.2) is 9.48 Å². The lowest BCUT2D eigenvalue weighted by Crippen LogP contribution is -2.29. The molecule has 0 saturated carbocycles. The number of phenols is 1. The Labute approximate surface area is 170 Å². The summed E-state index contributed by atoms with van der Waals surface area (Å²) in [4.78, 5) is 12.5. The predicted octanol–water partition coefficient (Wildman–Crippen LogP) is 4.21. The number of amides is 2. The summed E-state index contributed by atoms with van der Waals surface area (Å²) in [6.45, 7) is 6.41. The van der Waals surface area contributed by atoms with Gasteiger partial charge in [0, 0.05) is 23.6 Å². The fraction of sp³-hybridized carbons (Fsp3) is 0.273. The third-order valence-electron chi connectivity index (χ3n) is 4.47. The van der Waals surface area contributed by atoms with Gasteiger partial charge in [-0.15, -0.1) is 0 Å². The molecule has 0 aliphatic rings. The van der Waals surface area contributed by atoms with E-state index in [0.29, 0.717) is 11.4 Å². The van der Waals surface area contributed by atoms with Crippen LogP contribution < -0.4 is 15.4 Å². The molecular weight excluding hydrogens is 368 g/mol.